The van der Waals surface area contributed by atoms with Crippen LogP contribution in [0.2, 0.25) is 9.36 Å². The Kier molecular flexibility index (Phi) is 4.65. The van der Waals surface area contributed by atoms with E-state index in [9.17, 15) is 9.90 Å². The largest absolute Gasteiger partial charge is 0.545 e. The first-order valence-corrected chi connectivity index (χ1v) is 7.11. The second-order valence-corrected chi connectivity index (χ2v) is 6.02. The highest BCUT2D eigenvalue weighted by Crippen LogP contribution is 2.24. The van der Waals surface area contributed by atoms with Gasteiger partial charge in [-0.3, -0.25) is 5.43 Å². The minimum Gasteiger partial charge on any atom is -0.545 e. The summed E-state index contributed by atoms with van der Waals surface area (Å²) in [5, 5.41) is 15.3. The molecule has 0 fully saturated rings. The summed E-state index contributed by atoms with van der Waals surface area (Å²) >= 11 is 13.2. The van der Waals surface area contributed by atoms with Crippen LogP contribution in [0.3, 0.4) is 0 Å². The van der Waals surface area contributed by atoms with Crippen molar-refractivity contribution in [1.29, 1.82) is 0 Å². The summed E-state index contributed by atoms with van der Waals surface area (Å²) in [4.78, 5) is 11.7. The van der Waals surface area contributed by atoms with E-state index in [4.69, 9.17) is 23.2 Å². The molecule has 1 aromatic carbocycles. The van der Waals surface area contributed by atoms with Crippen LogP contribution in [0, 0.1) is 0 Å². The van der Waals surface area contributed by atoms with Crippen molar-refractivity contribution in [1.82, 2.24) is 0 Å². The maximum absolute atomic E-state index is 10.8. The fourth-order valence-electron chi connectivity index (χ4n) is 1.45. The SMILES string of the molecule is C/C(=N/Nc1cc(C(=O)[O-])ccc1Cl)c1ccc(Cl)s1. The van der Waals surface area contributed by atoms with Gasteiger partial charge in [0.1, 0.15) is 0 Å². The van der Waals surface area contributed by atoms with Gasteiger partial charge in [0.2, 0.25) is 0 Å². The second-order valence-electron chi connectivity index (χ2n) is 3.89. The maximum Gasteiger partial charge on any atom is 0.0935 e. The molecule has 0 aliphatic rings. The Morgan fingerprint density at radius 1 is 1.30 bits per heavy atom. The van der Waals surface area contributed by atoms with Gasteiger partial charge in [-0.25, -0.2) is 0 Å². The first-order valence-electron chi connectivity index (χ1n) is 5.54. The molecule has 0 radical (unpaired) electrons. The van der Waals surface area contributed by atoms with E-state index >= 15 is 0 Å². The van der Waals surface area contributed by atoms with Crippen LogP contribution in [-0.4, -0.2) is 11.7 Å². The molecule has 0 amide bonds. The van der Waals surface area contributed by atoms with E-state index in [1.54, 1.807) is 6.07 Å². The molecule has 0 saturated carbocycles. The molecule has 20 heavy (non-hydrogen) atoms. The number of hydrogen-bond donors (Lipinski definition) is 1. The van der Waals surface area contributed by atoms with Gasteiger partial charge in [-0.1, -0.05) is 29.3 Å². The topological polar surface area (TPSA) is 64.5 Å². The minimum atomic E-state index is -1.27. The lowest BCUT2D eigenvalue weighted by Crippen LogP contribution is -2.22. The number of aromatic carboxylic acids is 1. The Labute approximate surface area is 129 Å². The number of carboxylic acid groups (broad SMARTS) is 1. The molecule has 0 spiro atoms. The summed E-state index contributed by atoms with van der Waals surface area (Å²) in [5.74, 6) is -1.27. The van der Waals surface area contributed by atoms with Gasteiger partial charge in [-0.05, 0) is 36.8 Å². The molecule has 2 rings (SSSR count). The van der Waals surface area contributed by atoms with Crippen molar-refractivity contribution in [2.45, 2.75) is 6.92 Å². The van der Waals surface area contributed by atoms with E-state index < -0.39 is 5.97 Å². The summed E-state index contributed by atoms with van der Waals surface area (Å²) in [6.07, 6.45) is 0. The van der Waals surface area contributed by atoms with E-state index in [-0.39, 0.29) is 5.56 Å². The molecule has 0 atom stereocenters. The number of nitrogens with zero attached hydrogens (tertiary/aromatic N) is 1. The van der Waals surface area contributed by atoms with Gasteiger partial charge in [-0.2, -0.15) is 5.10 Å². The number of nitrogens with one attached hydrogen (secondary N) is 1. The van der Waals surface area contributed by atoms with Crippen molar-refractivity contribution < 1.29 is 9.90 Å². The molecule has 4 nitrogen and oxygen atoms in total. The lowest BCUT2D eigenvalue weighted by atomic mass is 10.2. The molecule has 1 aromatic heterocycles. The first-order chi connectivity index (χ1) is 9.47. The summed E-state index contributed by atoms with van der Waals surface area (Å²) < 4.78 is 0.673. The number of halogens is 2. The average Bonchev–Trinajstić information content (AvgIpc) is 2.84. The van der Waals surface area contributed by atoms with Crippen molar-refractivity contribution in [3.63, 3.8) is 0 Å². The van der Waals surface area contributed by atoms with Crippen molar-refractivity contribution in [3.8, 4) is 0 Å². The van der Waals surface area contributed by atoms with Crippen LogP contribution in [0.1, 0.15) is 22.2 Å². The summed E-state index contributed by atoms with van der Waals surface area (Å²) in [7, 11) is 0. The number of thiophene rings is 1. The lowest BCUT2D eigenvalue weighted by molar-refractivity contribution is -0.255. The van der Waals surface area contributed by atoms with E-state index in [0.29, 0.717) is 15.0 Å². The summed E-state index contributed by atoms with van der Waals surface area (Å²) in [6.45, 7) is 1.81. The van der Waals surface area contributed by atoms with Gasteiger partial charge < -0.3 is 9.90 Å². The normalized spacial score (nSPS) is 11.4. The van der Waals surface area contributed by atoms with Crippen molar-refractivity contribution in [2.75, 3.05) is 5.43 Å². The predicted octanol–water partition coefficient (Wildman–Crippen LogP) is 3.25. The number of carbonyl (C=O) groups excluding carboxylic acids is 1. The summed E-state index contributed by atoms with van der Waals surface area (Å²) in [6, 6.07) is 7.85. The molecule has 0 unspecified atom stereocenters. The maximum atomic E-state index is 10.8. The zero-order chi connectivity index (χ0) is 14.7. The zero-order valence-corrected chi connectivity index (χ0v) is 12.6. The highest BCUT2D eigenvalue weighted by Gasteiger charge is 2.04. The average molecular weight is 328 g/mol. The van der Waals surface area contributed by atoms with Crippen molar-refractivity contribution in [3.05, 3.63) is 50.1 Å². The van der Waals surface area contributed by atoms with E-state index in [2.05, 4.69) is 10.5 Å². The molecular weight excluding hydrogens is 319 g/mol. The van der Waals surface area contributed by atoms with Gasteiger partial charge in [0.25, 0.3) is 0 Å². The third-order valence-corrected chi connectivity index (χ3v) is 4.15. The number of rotatable bonds is 4. The molecular formula is C13H9Cl2N2O2S-. The van der Waals surface area contributed by atoms with Crippen LogP contribution in [0.5, 0.6) is 0 Å². The van der Waals surface area contributed by atoms with E-state index in [0.717, 1.165) is 10.6 Å². The molecule has 0 aliphatic carbocycles. The molecule has 104 valence electrons. The second kappa shape index (κ2) is 6.26. The fourth-order valence-corrected chi connectivity index (χ4v) is 2.59. The van der Waals surface area contributed by atoms with Gasteiger partial charge in [0.15, 0.2) is 0 Å². The Bertz CT molecular complexity index is 683. The first kappa shape index (κ1) is 14.8. The molecule has 0 saturated heterocycles. The molecule has 2 aromatic rings. The van der Waals surface area contributed by atoms with Crippen LogP contribution in [0.4, 0.5) is 5.69 Å². The number of benzene rings is 1. The van der Waals surface area contributed by atoms with Crippen LogP contribution < -0.4 is 10.5 Å². The number of carbonyl (C=O) groups is 1. The highest BCUT2D eigenvalue weighted by atomic mass is 35.5. The molecule has 7 heteroatoms. The zero-order valence-electron chi connectivity index (χ0n) is 10.3. The van der Waals surface area contributed by atoms with E-state index in [1.807, 2.05) is 13.0 Å². The lowest BCUT2D eigenvalue weighted by Gasteiger charge is -2.08. The van der Waals surface area contributed by atoms with Crippen molar-refractivity contribution in [2.24, 2.45) is 5.10 Å². The molecule has 1 heterocycles. The smallest absolute Gasteiger partial charge is 0.0935 e. The van der Waals surface area contributed by atoms with Gasteiger partial charge in [-0.15, -0.1) is 11.3 Å². The Morgan fingerprint density at radius 3 is 2.65 bits per heavy atom. The Morgan fingerprint density at radius 2 is 2.05 bits per heavy atom. The third-order valence-electron chi connectivity index (χ3n) is 2.48. The standard InChI is InChI=1S/C13H10Cl2N2O2S/c1-7(11-4-5-12(15)20-11)16-17-10-6-8(13(18)19)2-3-9(10)14/h2-6,17H,1H3,(H,18,19)/p-1/b16-7-. The number of carboxylic acids is 1. The molecule has 0 bridgehead atoms. The number of hydrazone groups is 1. The minimum absolute atomic E-state index is 0.0314. The number of anilines is 1. The Balaban J connectivity index is 2.21. The van der Waals surface area contributed by atoms with Crippen LogP contribution >= 0.6 is 34.5 Å². The highest BCUT2D eigenvalue weighted by molar-refractivity contribution is 7.18. The molecule has 1 N–H and O–H groups in total. The van der Waals surface area contributed by atoms with Crippen LogP contribution in [0.15, 0.2) is 35.4 Å². The third kappa shape index (κ3) is 3.50. The van der Waals surface area contributed by atoms with Gasteiger partial charge in [0.05, 0.1) is 31.6 Å². The van der Waals surface area contributed by atoms with E-state index in [1.165, 1.54) is 29.5 Å². The van der Waals surface area contributed by atoms with Crippen LogP contribution in [-0.2, 0) is 0 Å². The number of hydrogen-bond acceptors (Lipinski definition) is 5. The monoisotopic (exact) mass is 327 g/mol. The Hall–Kier alpha value is -1.56. The summed E-state index contributed by atoms with van der Waals surface area (Å²) in [5.41, 5.74) is 3.89. The quantitative estimate of drug-likeness (QED) is 0.692. The van der Waals surface area contributed by atoms with Crippen molar-refractivity contribution >= 4 is 51.9 Å². The van der Waals surface area contributed by atoms with Gasteiger partial charge in [0, 0.05) is 0 Å². The molecule has 0 aliphatic heterocycles. The van der Waals surface area contributed by atoms with Crippen LogP contribution in [0.25, 0.3) is 0 Å². The fraction of sp³-hybridized carbons (Fsp3) is 0.0769. The predicted molar refractivity (Wildman–Crippen MR) is 80.9 cm³/mol. The van der Waals surface area contributed by atoms with Gasteiger partial charge >= 0.3 is 0 Å².